The SMILES string of the molecule is CS.Cc1ccncn1. The van der Waals surface area contributed by atoms with E-state index in [1.54, 1.807) is 12.5 Å². The minimum absolute atomic E-state index is 1.01. The smallest absolute Gasteiger partial charge is 0.115 e. The highest BCUT2D eigenvalue weighted by molar-refractivity contribution is 7.79. The van der Waals surface area contributed by atoms with Crippen molar-refractivity contribution in [2.45, 2.75) is 6.92 Å². The van der Waals surface area contributed by atoms with Gasteiger partial charge in [-0.15, -0.1) is 0 Å². The molecule has 0 saturated heterocycles. The molecular formula is C6H10N2S. The molecule has 0 radical (unpaired) electrons. The van der Waals surface area contributed by atoms with Gasteiger partial charge in [-0.2, -0.15) is 12.6 Å². The van der Waals surface area contributed by atoms with Crippen LogP contribution >= 0.6 is 12.6 Å². The van der Waals surface area contributed by atoms with Gasteiger partial charge in [-0.05, 0) is 19.2 Å². The number of hydrogen-bond donors (Lipinski definition) is 1. The molecule has 1 rings (SSSR count). The van der Waals surface area contributed by atoms with Crippen LogP contribution in [0.15, 0.2) is 18.6 Å². The Morgan fingerprint density at radius 1 is 1.44 bits per heavy atom. The minimum atomic E-state index is 1.01. The zero-order valence-corrected chi connectivity index (χ0v) is 6.47. The van der Waals surface area contributed by atoms with E-state index in [4.69, 9.17) is 0 Å². The standard InChI is InChI=1S/C5H6N2.CH4S/c1-5-2-3-6-4-7-5;1-2/h2-4H,1H3;2H,1H3. The summed E-state index contributed by atoms with van der Waals surface area (Å²) in [6, 6.07) is 1.86. The molecular weight excluding hydrogens is 132 g/mol. The van der Waals surface area contributed by atoms with Crippen LogP contribution in [-0.4, -0.2) is 16.2 Å². The molecule has 3 heteroatoms. The third-order valence-corrected chi connectivity index (χ3v) is 0.730. The van der Waals surface area contributed by atoms with E-state index in [1.807, 2.05) is 13.0 Å². The Kier molecular flexibility index (Phi) is 5.21. The van der Waals surface area contributed by atoms with Crippen molar-refractivity contribution in [2.75, 3.05) is 6.26 Å². The van der Waals surface area contributed by atoms with Gasteiger partial charge in [0.25, 0.3) is 0 Å². The van der Waals surface area contributed by atoms with Crippen molar-refractivity contribution in [3.63, 3.8) is 0 Å². The molecule has 0 aliphatic rings. The fraction of sp³-hybridized carbons (Fsp3) is 0.333. The van der Waals surface area contributed by atoms with Gasteiger partial charge in [0.1, 0.15) is 6.33 Å². The summed E-state index contributed by atoms with van der Waals surface area (Å²) in [4.78, 5) is 7.60. The highest BCUT2D eigenvalue weighted by Gasteiger charge is 1.74. The Morgan fingerprint density at radius 3 is 2.33 bits per heavy atom. The topological polar surface area (TPSA) is 25.8 Å². The van der Waals surface area contributed by atoms with Gasteiger partial charge in [-0.25, -0.2) is 9.97 Å². The molecule has 1 aromatic rings. The van der Waals surface area contributed by atoms with Crippen molar-refractivity contribution >= 4 is 12.6 Å². The van der Waals surface area contributed by atoms with Crippen molar-refractivity contribution in [3.05, 3.63) is 24.3 Å². The Morgan fingerprint density at radius 2 is 2.11 bits per heavy atom. The fourth-order valence-corrected chi connectivity index (χ4v) is 0.357. The van der Waals surface area contributed by atoms with E-state index < -0.39 is 0 Å². The Hall–Kier alpha value is -0.570. The van der Waals surface area contributed by atoms with Crippen LogP contribution in [0.3, 0.4) is 0 Å². The molecule has 0 amide bonds. The first-order valence-electron chi connectivity index (χ1n) is 2.57. The highest BCUT2D eigenvalue weighted by Crippen LogP contribution is 1.82. The van der Waals surface area contributed by atoms with E-state index in [2.05, 4.69) is 22.6 Å². The van der Waals surface area contributed by atoms with Gasteiger partial charge >= 0.3 is 0 Å². The van der Waals surface area contributed by atoms with Gasteiger partial charge in [0.2, 0.25) is 0 Å². The van der Waals surface area contributed by atoms with Crippen molar-refractivity contribution in [1.82, 2.24) is 9.97 Å². The van der Waals surface area contributed by atoms with Crippen LogP contribution in [0.4, 0.5) is 0 Å². The molecule has 2 nitrogen and oxygen atoms in total. The first-order chi connectivity index (χ1) is 4.39. The summed E-state index contributed by atoms with van der Waals surface area (Å²) < 4.78 is 0. The largest absolute Gasteiger partial charge is 0.245 e. The molecule has 0 aliphatic carbocycles. The van der Waals surface area contributed by atoms with Gasteiger partial charge < -0.3 is 0 Å². The van der Waals surface area contributed by atoms with Crippen molar-refractivity contribution < 1.29 is 0 Å². The first-order valence-corrected chi connectivity index (χ1v) is 3.46. The zero-order valence-electron chi connectivity index (χ0n) is 5.57. The summed E-state index contributed by atoms with van der Waals surface area (Å²) >= 11 is 3.53. The zero-order chi connectivity index (χ0) is 7.11. The summed E-state index contributed by atoms with van der Waals surface area (Å²) in [5, 5.41) is 0. The second-order valence-electron chi connectivity index (χ2n) is 1.35. The molecule has 0 unspecified atom stereocenters. The third-order valence-electron chi connectivity index (χ3n) is 0.730. The molecule has 0 aliphatic heterocycles. The normalized spacial score (nSPS) is 7.44. The summed E-state index contributed by atoms with van der Waals surface area (Å²) in [5.41, 5.74) is 1.01. The molecule has 1 aromatic heterocycles. The molecule has 1 heterocycles. The lowest BCUT2D eigenvalue weighted by Gasteiger charge is -1.81. The van der Waals surface area contributed by atoms with E-state index in [1.165, 1.54) is 6.33 Å². The van der Waals surface area contributed by atoms with E-state index >= 15 is 0 Å². The molecule has 9 heavy (non-hydrogen) atoms. The van der Waals surface area contributed by atoms with Crippen LogP contribution in [0.5, 0.6) is 0 Å². The van der Waals surface area contributed by atoms with Crippen molar-refractivity contribution in [3.8, 4) is 0 Å². The lowest BCUT2D eigenvalue weighted by molar-refractivity contribution is 1.10. The number of nitrogens with zero attached hydrogens (tertiary/aromatic N) is 2. The fourth-order valence-electron chi connectivity index (χ4n) is 0.357. The van der Waals surface area contributed by atoms with Crippen LogP contribution in [0, 0.1) is 6.92 Å². The number of thiol groups is 1. The van der Waals surface area contributed by atoms with Gasteiger partial charge in [-0.1, -0.05) is 0 Å². The number of hydrogen-bond acceptors (Lipinski definition) is 3. The molecule has 0 atom stereocenters. The lowest BCUT2D eigenvalue weighted by atomic mass is 10.5. The molecule has 0 saturated carbocycles. The van der Waals surface area contributed by atoms with Crippen LogP contribution in [-0.2, 0) is 0 Å². The number of rotatable bonds is 0. The van der Waals surface area contributed by atoms with Crippen LogP contribution in [0.1, 0.15) is 5.69 Å². The first kappa shape index (κ1) is 8.43. The molecule has 0 fully saturated rings. The maximum Gasteiger partial charge on any atom is 0.115 e. The van der Waals surface area contributed by atoms with Crippen LogP contribution < -0.4 is 0 Å². The second kappa shape index (κ2) is 5.56. The predicted octanol–water partition coefficient (Wildman–Crippen LogP) is 1.33. The predicted molar refractivity (Wildman–Crippen MR) is 41.7 cm³/mol. The second-order valence-corrected chi connectivity index (χ2v) is 1.35. The Balaban J connectivity index is 0.000000291. The van der Waals surface area contributed by atoms with E-state index in [9.17, 15) is 0 Å². The maximum absolute atomic E-state index is 3.87. The van der Waals surface area contributed by atoms with Gasteiger partial charge in [0.15, 0.2) is 0 Å². The van der Waals surface area contributed by atoms with Gasteiger partial charge in [0.05, 0.1) is 0 Å². The monoisotopic (exact) mass is 142 g/mol. The van der Waals surface area contributed by atoms with Crippen molar-refractivity contribution in [1.29, 1.82) is 0 Å². The van der Waals surface area contributed by atoms with E-state index in [0.29, 0.717) is 0 Å². The molecule has 0 N–H and O–H groups in total. The summed E-state index contributed by atoms with van der Waals surface area (Å²) in [6.07, 6.45) is 4.96. The van der Waals surface area contributed by atoms with E-state index in [-0.39, 0.29) is 0 Å². The maximum atomic E-state index is 3.87. The van der Waals surface area contributed by atoms with E-state index in [0.717, 1.165) is 5.69 Å². The average Bonchev–Trinajstić information content (AvgIpc) is 1.94. The molecule has 0 aromatic carbocycles. The average molecular weight is 142 g/mol. The lowest BCUT2D eigenvalue weighted by Crippen LogP contribution is -1.77. The van der Waals surface area contributed by atoms with Crippen LogP contribution in [0.2, 0.25) is 0 Å². The molecule has 0 spiro atoms. The van der Waals surface area contributed by atoms with Gasteiger partial charge in [0, 0.05) is 11.9 Å². The van der Waals surface area contributed by atoms with Gasteiger partial charge in [-0.3, -0.25) is 0 Å². The Bertz CT molecular complexity index is 141. The summed E-state index contributed by atoms with van der Waals surface area (Å²) in [6.45, 7) is 1.93. The summed E-state index contributed by atoms with van der Waals surface area (Å²) in [5.74, 6) is 0. The molecule has 0 bridgehead atoms. The van der Waals surface area contributed by atoms with Crippen molar-refractivity contribution in [2.24, 2.45) is 0 Å². The number of aromatic nitrogens is 2. The third kappa shape index (κ3) is 3.97. The minimum Gasteiger partial charge on any atom is -0.245 e. The highest BCUT2D eigenvalue weighted by atomic mass is 32.1. The number of aryl methyl sites for hydroxylation is 1. The van der Waals surface area contributed by atoms with Crippen LogP contribution in [0.25, 0.3) is 0 Å². The Labute approximate surface area is 60.8 Å². The molecule has 50 valence electrons. The quantitative estimate of drug-likeness (QED) is 0.553. The summed E-state index contributed by atoms with van der Waals surface area (Å²) in [7, 11) is 0.